The number of hydrogen-bond donors (Lipinski definition) is 1. The molecule has 0 saturated heterocycles. The molecule has 0 amide bonds. The molecule has 16 heavy (non-hydrogen) atoms. The number of hydrogen-bond acceptors (Lipinski definition) is 2. The molecule has 90 valence electrons. The Hall–Kier alpha value is -0.760. The normalized spacial score (nSPS) is 30.5. The molecular formula is C14H23NO. The minimum Gasteiger partial charge on any atom is -0.472 e. The second-order valence-electron chi connectivity index (χ2n) is 5.36. The lowest BCUT2D eigenvalue weighted by Gasteiger charge is -2.39. The summed E-state index contributed by atoms with van der Waals surface area (Å²) in [5.41, 5.74) is 7.66. The van der Waals surface area contributed by atoms with Gasteiger partial charge in [0.2, 0.25) is 0 Å². The van der Waals surface area contributed by atoms with E-state index in [1.807, 2.05) is 6.26 Å². The third kappa shape index (κ3) is 2.49. The van der Waals surface area contributed by atoms with Gasteiger partial charge in [-0.05, 0) is 61.6 Å². The van der Waals surface area contributed by atoms with Crippen molar-refractivity contribution in [2.45, 2.75) is 45.4 Å². The van der Waals surface area contributed by atoms with Crippen LogP contribution in [0.2, 0.25) is 0 Å². The minimum absolute atomic E-state index is 0.343. The molecule has 1 fully saturated rings. The highest BCUT2D eigenvalue weighted by atomic mass is 16.3. The molecule has 1 aromatic rings. The first kappa shape index (κ1) is 11.7. The Balaban J connectivity index is 1.98. The first-order chi connectivity index (χ1) is 7.78. The van der Waals surface area contributed by atoms with Crippen molar-refractivity contribution in [1.29, 1.82) is 0 Å². The zero-order valence-corrected chi connectivity index (χ0v) is 10.2. The van der Waals surface area contributed by atoms with Gasteiger partial charge in [-0.25, -0.2) is 0 Å². The fourth-order valence-corrected chi connectivity index (χ4v) is 2.98. The Bertz CT molecular complexity index is 297. The summed E-state index contributed by atoms with van der Waals surface area (Å²) in [7, 11) is 0. The molecule has 1 aliphatic rings. The lowest BCUT2D eigenvalue weighted by Crippen LogP contribution is -2.36. The van der Waals surface area contributed by atoms with Crippen molar-refractivity contribution < 1.29 is 4.42 Å². The van der Waals surface area contributed by atoms with Gasteiger partial charge in [-0.1, -0.05) is 13.3 Å². The van der Waals surface area contributed by atoms with Crippen molar-refractivity contribution in [3.63, 3.8) is 0 Å². The van der Waals surface area contributed by atoms with E-state index in [1.165, 1.54) is 37.7 Å². The smallest absolute Gasteiger partial charge is 0.0934 e. The monoisotopic (exact) mass is 221 g/mol. The molecule has 2 nitrogen and oxygen atoms in total. The van der Waals surface area contributed by atoms with Gasteiger partial charge in [0.15, 0.2) is 0 Å². The summed E-state index contributed by atoms with van der Waals surface area (Å²) in [5.74, 6) is 0.934. The topological polar surface area (TPSA) is 39.2 Å². The first-order valence-electron chi connectivity index (χ1n) is 6.49. The SMILES string of the molecule is CCC1CCC(CN)(Cc2ccoc2)CC1. The van der Waals surface area contributed by atoms with E-state index >= 15 is 0 Å². The van der Waals surface area contributed by atoms with Gasteiger partial charge < -0.3 is 10.2 Å². The van der Waals surface area contributed by atoms with Crippen molar-refractivity contribution in [3.05, 3.63) is 24.2 Å². The van der Waals surface area contributed by atoms with Crippen LogP contribution in [0, 0.1) is 11.3 Å². The molecule has 0 bridgehead atoms. The molecule has 0 radical (unpaired) electrons. The van der Waals surface area contributed by atoms with Crippen LogP contribution in [-0.2, 0) is 6.42 Å². The maximum atomic E-state index is 6.01. The Morgan fingerprint density at radius 3 is 2.69 bits per heavy atom. The molecule has 2 rings (SSSR count). The third-order valence-electron chi connectivity index (χ3n) is 4.34. The average Bonchev–Trinajstić information content (AvgIpc) is 2.83. The van der Waals surface area contributed by atoms with Gasteiger partial charge >= 0.3 is 0 Å². The largest absolute Gasteiger partial charge is 0.472 e. The van der Waals surface area contributed by atoms with E-state index in [9.17, 15) is 0 Å². The molecule has 0 aliphatic heterocycles. The summed E-state index contributed by atoms with van der Waals surface area (Å²) >= 11 is 0. The molecule has 1 heterocycles. The second-order valence-corrected chi connectivity index (χ2v) is 5.36. The fraction of sp³-hybridized carbons (Fsp3) is 0.714. The van der Waals surface area contributed by atoms with E-state index < -0.39 is 0 Å². The minimum atomic E-state index is 0.343. The lowest BCUT2D eigenvalue weighted by molar-refractivity contribution is 0.153. The molecule has 0 aromatic carbocycles. The highest BCUT2D eigenvalue weighted by Crippen LogP contribution is 2.41. The molecule has 1 saturated carbocycles. The predicted molar refractivity (Wildman–Crippen MR) is 66.1 cm³/mol. The zero-order valence-electron chi connectivity index (χ0n) is 10.2. The van der Waals surface area contributed by atoms with E-state index in [4.69, 9.17) is 10.2 Å². The average molecular weight is 221 g/mol. The summed E-state index contributed by atoms with van der Waals surface area (Å²) in [6.07, 6.45) is 11.3. The van der Waals surface area contributed by atoms with Crippen molar-refractivity contribution in [1.82, 2.24) is 0 Å². The van der Waals surface area contributed by atoms with Crippen molar-refractivity contribution >= 4 is 0 Å². The van der Waals surface area contributed by atoms with Crippen molar-refractivity contribution in [2.24, 2.45) is 17.1 Å². The van der Waals surface area contributed by atoms with Crippen molar-refractivity contribution in [3.8, 4) is 0 Å². The standard InChI is InChI=1S/C14H23NO/c1-2-12-3-6-14(11-15,7-4-12)9-13-5-8-16-10-13/h5,8,10,12H,2-4,6-7,9,11,15H2,1H3. The summed E-state index contributed by atoms with van der Waals surface area (Å²) in [6.45, 7) is 3.12. The molecule has 2 N–H and O–H groups in total. The third-order valence-corrected chi connectivity index (χ3v) is 4.34. The van der Waals surface area contributed by atoms with Crippen LogP contribution in [0.4, 0.5) is 0 Å². The zero-order chi connectivity index (χ0) is 11.4. The van der Waals surface area contributed by atoms with Gasteiger partial charge in [0, 0.05) is 0 Å². The molecule has 1 aliphatic carbocycles. The van der Waals surface area contributed by atoms with E-state index in [2.05, 4.69) is 13.0 Å². The molecule has 0 spiro atoms. The maximum absolute atomic E-state index is 6.01. The van der Waals surface area contributed by atoms with Gasteiger partial charge in [0.25, 0.3) is 0 Å². The van der Waals surface area contributed by atoms with Crippen LogP contribution in [0.5, 0.6) is 0 Å². The Morgan fingerprint density at radius 1 is 1.44 bits per heavy atom. The summed E-state index contributed by atoms with van der Waals surface area (Å²) in [4.78, 5) is 0. The maximum Gasteiger partial charge on any atom is 0.0934 e. The lowest BCUT2D eigenvalue weighted by atomic mass is 9.67. The molecule has 2 heteroatoms. The Labute approximate surface area is 98.2 Å². The van der Waals surface area contributed by atoms with Crippen LogP contribution in [0.25, 0.3) is 0 Å². The molecular weight excluding hydrogens is 198 g/mol. The highest BCUT2D eigenvalue weighted by molar-refractivity contribution is 5.09. The highest BCUT2D eigenvalue weighted by Gasteiger charge is 2.33. The van der Waals surface area contributed by atoms with E-state index in [-0.39, 0.29) is 0 Å². The Kier molecular flexibility index (Phi) is 3.70. The number of rotatable bonds is 4. The molecule has 0 unspecified atom stereocenters. The van der Waals surface area contributed by atoms with Gasteiger partial charge in [0.05, 0.1) is 12.5 Å². The van der Waals surface area contributed by atoms with E-state index in [0.29, 0.717) is 5.41 Å². The van der Waals surface area contributed by atoms with Crippen LogP contribution in [0.1, 0.15) is 44.6 Å². The second kappa shape index (κ2) is 5.05. The van der Waals surface area contributed by atoms with Crippen molar-refractivity contribution in [2.75, 3.05) is 6.54 Å². The van der Waals surface area contributed by atoms with Gasteiger partial charge in [-0.15, -0.1) is 0 Å². The fourth-order valence-electron chi connectivity index (χ4n) is 2.98. The van der Waals surface area contributed by atoms with Crippen LogP contribution in [-0.4, -0.2) is 6.54 Å². The van der Waals surface area contributed by atoms with Gasteiger partial charge in [-0.3, -0.25) is 0 Å². The number of nitrogens with two attached hydrogens (primary N) is 1. The van der Waals surface area contributed by atoms with E-state index in [0.717, 1.165) is 18.9 Å². The van der Waals surface area contributed by atoms with Crippen LogP contribution < -0.4 is 5.73 Å². The van der Waals surface area contributed by atoms with E-state index in [1.54, 1.807) is 6.26 Å². The summed E-state index contributed by atoms with van der Waals surface area (Å²) < 4.78 is 5.15. The Morgan fingerprint density at radius 2 is 2.19 bits per heavy atom. The quantitative estimate of drug-likeness (QED) is 0.846. The number of furan rings is 1. The predicted octanol–water partition coefficient (Wildman–Crippen LogP) is 3.37. The summed E-state index contributed by atoms with van der Waals surface area (Å²) in [6, 6.07) is 2.07. The van der Waals surface area contributed by atoms with Gasteiger partial charge in [-0.2, -0.15) is 0 Å². The molecule has 1 aromatic heterocycles. The molecule has 0 atom stereocenters. The first-order valence-corrected chi connectivity index (χ1v) is 6.49. The van der Waals surface area contributed by atoms with Crippen LogP contribution in [0.3, 0.4) is 0 Å². The van der Waals surface area contributed by atoms with Gasteiger partial charge in [0.1, 0.15) is 0 Å². The van der Waals surface area contributed by atoms with Crippen LogP contribution >= 0.6 is 0 Å². The summed E-state index contributed by atoms with van der Waals surface area (Å²) in [5, 5.41) is 0. The van der Waals surface area contributed by atoms with Crippen LogP contribution in [0.15, 0.2) is 23.0 Å².